The summed E-state index contributed by atoms with van der Waals surface area (Å²) in [6, 6.07) is 0. The molecule has 0 aliphatic rings. The van der Waals surface area contributed by atoms with Crippen LogP contribution in [0.1, 0.15) is 32.6 Å². The van der Waals surface area contributed by atoms with Crippen molar-refractivity contribution >= 4 is 16.3 Å². The summed E-state index contributed by atoms with van der Waals surface area (Å²) in [6.45, 7) is 2.24. The summed E-state index contributed by atoms with van der Waals surface area (Å²) in [5.41, 5.74) is 0. The molecule has 1 radical (unpaired) electrons. The Hall–Kier alpha value is 0.822. The fraction of sp³-hybridized carbons (Fsp3) is 1.00. The van der Waals surface area contributed by atoms with Gasteiger partial charge < -0.3 is 12.4 Å². The van der Waals surface area contributed by atoms with Crippen molar-refractivity contribution in [2.24, 2.45) is 0 Å². The van der Waals surface area contributed by atoms with Crippen LogP contribution in [0.5, 0.6) is 0 Å². The van der Waals surface area contributed by atoms with E-state index in [0.717, 1.165) is 0 Å². The topological polar surface area (TPSA) is 0 Å². The molecule has 0 aromatic carbocycles. The first-order chi connectivity index (χ1) is 3.41. The summed E-state index contributed by atoms with van der Waals surface area (Å²) in [4.78, 5) is 0. The van der Waals surface area contributed by atoms with Gasteiger partial charge in [-0.25, -0.2) is 0 Å². The van der Waals surface area contributed by atoms with Crippen molar-refractivity contribution in [1.82, 2.24) is 0 Å². The minimum absolute atomic E-state index is 0. The van der Waals surface area contributed by atoms with Crippen LogP contribution in [0.4, 0.5) is 0 Å². The Morgan fingerprint density at radius 2 is 1.75 bits per heavy atom. The molecule has 0 nitrogen and oxygen atoms in total. The van der Waals surface area contributed by atoms with Crippen molar-refractivity contribution in [2.75, 3.05) is 0 Å². The minimum Gasteiger partial charge on any atom is -1.00 e. The van der Waals surface area contributed by atoms with E-state index in [4.69, 9.17) is 0 Å². The molecule has 8 heavy (non-hydrogen) atoms. The summed E-state index contributed by atoms with van der Waals surface area (Å²) < 4.78 is 0. The number of unbranched alkanes of at least 4 members (excludes halogenated alkanes) is 3. The predicted octanol–water partition coefficient (Wildman–Crippen LogP) is -0.842. The van der Waals surface area contributed by atoms with Crippen LogP contribution in [0.3, 0.4) is 0 Å². The third-order valence-electron chi connectivity index (χ3n) is 1.06. The second-order valence-corrected chi connectivity index (χ2v) is 2.43. The van der Waals surface area contributed by atoms with Crippen LogP contribution in [0.15, 0.2) is 0 Å². The van der Waals surface area contributed by atoms with Gasteiger partial charge in [-0.05, 0) is 0 Å². The molecule has 2 heteroatoms. The Labute approximate surface area is 66.9 Å². The average Bonchev–Trinajstić information content (AvgIpc) is 1.69. The van der Waals surface area contributed by atoms with Gasteiger partial charge in [0.15, 0.2) is 0 Å². The van der Waals surface area contributed by atoms with Gasteiger partial charge in [-0.2, -0.15) is 0 Å². The first-order valence-electron chi connectivity index (χ1n) is 3.12. The third kappa shape index (κ3) is 9.95. The summed E-state index contributed by atoms with van der Waals surface area (Å²) in [6.07, 6.45) is 5.57. The largest absolute Gasteiger partial charge is 1.00 e. The molecule has 0 rings (SSSR count). The van der Waals surface area contributed by atoms with E-state index in [1.54, 1.807) is 0 Å². The molecule has 0 unspecified atom stereocenters. The summed E-state index contributed by atoms with van der Waals surface area (Å²) >= 11 is 2.75. The van der Waals surface area contributed by atoms with Gasteiger partial charge in [0.05, 0.1) is 0 Å². The molecule has 0 spiro atoms. The molecule has 0 amide bonds. The monoisotopic (exact) mass is 147 g/mol. The average molecular weight is 148 g/mol. The molecule has 0 saturated carbocycles. The summed E-state index contributed by atoms with van der Waals surface area (Å²) in [5.74, 6) is 0. The van der Waals surface area contributed by atoms with Gasteiger partial charge in [0.25, 0.3) is 0 Å². The van der Waals surface area contributed by atoms with E-state index < -0.39 is 0 Å². The van der Waals surface area contributed by atoms with E-state index in [2.05, 4.69) is 23.2 Å². The normalized spacial score (nSPS) is 8.00. The van der Waals surface area contributed by atoms with Crippen LogP contribution >= 0.6 is 0 Å². The van der Waals surface area contributed by atoms with Gasteiger partial charge in [0.2, 0.25) is 0 Å². The van der Waals surface area contributed by atoms with E-state index in [1.165, 1.54) is 31.0 Å². The van der Waals surface area contributed by atoms with Crippen molar-refractivity contribution in [3.05, 3.63) is 0 Å². The second kappa shape index (κ2) is 10.7. The molecule has 0 aromatic heterocycles. The molecular weight excluding hydrogens is 135 g/mol. The first-order valence-corrected chi connectivity index (χ1v) is 3.93. The molecule has 0 aliphatic heterocycles. The Balaban J connectivity index is 0. The van der Waals surface area contributed by atoms with E-state index >= 15 is 0 Å². The second-order valence-electron chi connectivity index (χ2n) is 1.85. The zero-order valence-electron chi connectivity index (χ0n) is 5.49. The van der Waals surface area contributed by atoms with E-state index in [9.17, 15) is 0 Å². The van der Waals surface area contributed by atoms with Crippen molar-refractivity contribution in [1.29, 1.82) is 0 Å². The number of rotatable bonds is 4. The number of halogens is 1. The molecule has 0 saturated heterocycles. The maximum absolute atomic E-state index is 2.75. The molecule has 47 valence electrons. The molecule has 0 aliphatic carbocycles. The van der Waals surface area contributed by atoms with E-state index in [0.29, 0.717) is 0 Å². The summed E-state index contributed by atoms with van der Waals surface area (Å²) in [5, 5.41) is 1.28. The van der Waals surface area contributed by atoms with E-state index in [1.807, 2.05) is 0 Å². The SMILES string of the molecule is CCCCC[CH2][Al+].[Cl-]. The third-order valence-corrected chi connectivity index (χ3v) is 1.47. The van der Waals surface area contributed by atoms with Gasteiger partial charge >= 0.3 is 54.2 Å². The fourth-order valence-corrected chi connectivity index (χ4v) is 0.860. The summed E-state index contributed by atoms with van der Waals surface area (Å²) in [7, 11) is 0. The smallest absolute Gasteiger partial charge is 1.00 e. The van der Waals surface area contributed by atoms with Gasteiger partial charge in [0, 0.05) is 0 Å². The van der Waals surface area contributed by atoms with Crippen molar-refractivity contribution < 1.29 is 12.4 Å². The van der Waals surface area contributed by atoms with Crippen molar-refractivity contribution in [3.63, 3.8) is 0 Å². The van der Waals surface area contributed by atoms with Crippen molar-refractivity contribution in [3.8, 4) is 0 Å². The van der Waals surface area contributed by atoms with Crippen molar-refractivity contribution in [2.45, 2.75) is 37.9 Å². The Bertz CT molecular complexity index is 27.7. The van der Waals surface area contributed by atoms with Crippen LogP contribution in [0.25, 0.3) is 0 Å². The van der Waals surface area contributed by atoms with Crippen LogP contribution in [-0.2, 0) is 0 Å². The molecule has 0 fully saturated rings. The Morgan fingerprint density at radius 3 is 2.12 bits per heavy atom. The molecule has 0 N–H and O–H groups in total. The zero-order chi connectivity index (χ0) is 5.54. The Morgan fingerprint density at radius 1 is 1.12 bits per heavy atom. The number of hydrogen-bond acceptors (Lipinski definition) is 0. The van der Waals surface area contributed by atoms with Crippen LogP contribution in [0, 0.1) is 0 Å². The van der Waals surface area contributed by atoms with Gasteiger partial charge in [-0.1, -0.05) is 0 Å². The van der Waals surface area contributed by atoms with Crippen LogP contribution < -0.4 is 12.4 Å². The maximum Gasteiger partial charge on any atom is -1.00 e. The maximum atomic E-state index is 2.75. The predicted molar refractivity (Wildman–Crippen MR) is 34.7 cm³/mol. The first kappa shape index (κ1) is 11.6. The zero-order valence-corrected chi connectivity index (χ0v) is 7.40. The van der Waals surface area contributed by atoms with Crippen LogP contribution in [-0.4, -0.2) is 16.3 Å². The molecule has 0 heterocycles. The Kier molecular flexibility index (Phi) is 15.6. The molecule has 0 aromatic rings. The van der Waals surface area contributed by atoms with Gasteiger partial charge in [0.1, 0.15) is 0 Å². The molecule has 0 atom stereocenters. The van der Waals surface area contributed by atoms with Crippen LogP contribution in [0.2, 0.25) is 5.28 Å². The quantitative estimate of drug-likeness (QED) is 0.359. The number of hydrogen-bond donors (Lipinski definition) is 0. The standard InChI is InChI=1S/C6H13.Al.ClH/c1-3-5-6-4-2;;/h1,3-6H2,2H3;;1H/q;+1;/p-1. The molecule has 0 bridgehead atoms. The van der Waals surface area contributed by atoms with Gasteiger partial charge in [-0.3, -0.25) is 0 Å². The van der Waals surface area contributed by atoms with E-state index in [-0.39, 0.29) is 12.4 Å². The fourth-order valence-electron chi connectivity index (χ4n) is 0.571. The van der Waals surface area contributed by atoms with Gasteiger partial charge in [-0.15, -0.1) is 0 Å². The minimum atomic E-state index is 0. The molecular formula is C6H13AlCl.